The first-order valence-electron chi connectivity index (χ1n) is 8.42. The van der Waals surface area contributed by atoms with Crippen molar-refractivity contribution >= 4 is 11.6 Å². The van der Waals surface area contributed by atoms with Gasteiger partial charge in [0.05, 0.1) is 0 Å². The Kier molecular flexibility index (Phi) is 14.1. The van der Waals surface area contributed by atoms with Crippen LogP contribution < -0.4 is 0 Å². The minimum absolute atomic E-state index is 0.00963. The molecule has 8 heteroatoms. The average Bonchev–Trinajstić information content (AvgIpc) is 2.36. The maximum Gasteiger partial charge on any atom is 0.229 e. The summed E-state index contributed by atoms with van der Waals surface area (Å²) in [6.07, 6.45) is 0.971. The molecule has 144 valence electrons. The number of halogens is 1. The van der Waals surface area contributed by atoms with Crippen molar-refractivity contribution in [3.8, 4) is 0 Å². The molecule has 0 rings (SSSR count). The first-order chi connectivity index (χ1) is 10.9. The van der Waals surface area contributed by atoms with E-state index in [9.17, 15) is 25.3 Å². The van der Waals surface area contributed by atoms with E-state index in [0.717, 1.165) is 12.8 Å². The number of rotatable bonds is 10. The molecule has 0 radical (unpaired) electrons. The monoisotopic (exact) mass is 368 g/mol. The third-order valence-corrected chi connectivity index (χ3v) is 4.19. The first kappa shape index (κ1) is 25.3. The summed E-state index contributed by atoms with van der Waals surface area (Å²) < 4.78 is 0. The van der Waals surface area contributed by atoms with Crippen LogP contribution in [0.15, 0.2) is 0 Å². The number of nitrogens with zero attached hydrogens (tertiary/aromatic N) is 2. The van der Waals surface area contributed by atoms with Crippen molar-refractivity contribution in [3.63, 3.8) is 0 Å². The summed E-state index contributed by atoms with van der Waals surface area (Å²) in [4.78, 5) is 19.3. The van der Waals surface area contributed by atoms with Crippen molar-refractivity contribution in [1.82, 2.24) is 0 Å². The van der Waals surface area contributed by atoms with Crippen molar-refractivity contribution in [2.75, 3.05) is 13.1 Å². The second-order valence-electron chi connectivity index (χ2n) is 7.33. The Balaban J connectivity index is 0. The number of aliphatic hydroxyl groups is 1. The van der Waals surface area contributed by atoms with Gasteiger partial charge in [-0.2, -0.15) is 0 Å². The van der Waals surface area contributed by atoms with E-state index in [4.69, 9.17) is 11.6 Å². The van der Waals surface area contributed by atoms with Crippen molar-refractivity contribution in [3.05, 3.63) is 20.2 Å². The van der Waals surface area contributed by atoms with Crippen molar-refractivity contribution in [1.29, 1.82) is 0 Å². The van der Waals surface area contributed by atoms with Crippen LogP contribution >= 0.6 is 11.6 Å². The predicted molar refractivity (Wildman–Crippen MR) is 96.6 cm³/mol. The zero-order valence-electron chi connectivity index (χ0n) is 15.6. The number of alkyl halides is 1. The molecule has 4 atom stereocenters. The van der Waals surface area contributed by atoms with Crippen LogP contribution in [0.3, 0.4) is 0 Å². The minimum Gasteiger partial charge on any atom is -0.386 e. The average molecular weight is 369 g/mol. The molecule has 4 unspecified atom stereocenters. The fraction of sp³-hybridized carbons (Fsp3) is 1.00. The number of hydrogen-bond donors (Lipinski definition) is 1. The summed E-state index contributed by atoms with van der Waals surface area (Å²) in [5.41, 5.74) is 0. The highest BCUT2D eigenvalue weighted by atomic mass is 35.5. The highest BCUT2D eigenvalue weighted by Gasteiger charge is 2.21. The fourth-order valence-electron chi connectivity index (χ4n) is 2.45. The van der Waals surface area contributed by atoms with Gasteiger partial charge in [0.2, 0.25) is 13.1 Å². The van der Waals surface area contributed by atoms with Gasteiger partial charge < -0.3 is 5.11 Å². The van der Waals surface area contributed by atoms with Crippen LogP contribution in [-0.4, -0.2) is 39.5 Å². The zero-order chi connectivity index (χ0) is 19.4. The summed E-state index contributed by atoms with van der Waals surface area (Å²) in [6, 6.07) is 0. The van der Waals surface area contributed by atoms with Gasteiger partial charge in [-0.15, -0.1) is 11.6 Å². The van der Waals surface area contributed by atoms with Gasteiger partial charge in [0.25, 0.3) is 0 Å². The van der Waals surface area contributed by atoms with Crippen LogP contribution in [0.1, 0.15) is 54.4 Å². The Morgan fingerprint density at radius 3 is 1.54 bits per heavy atom. The normalized spacial score (nSPS) is 16.1. The third kappa shape index (κ3) is 15.9. The number of aliphatic hydroxyl groups excluding tert-OH is 1. The van der Waals surface area contributed by atoms with E-state index in [1.165, 1.54) is 0 Å². The first-order valence-corrected chi connectivity index (χ1v) is 8.86. The minimum atomic E-state index is -0.803. The van der Waals surface area contributed by atoms with E-state index >= 15 is 0 Å². The molecule has 0 aromatic heterocycles. The summed E-state index contributed by atoms with van der Waals surface area (Å²) in [5, 5.41) is 29.1. The van der Waals surface area contributed by atoms with Gasteiger partial charge in [-0.05, 0) is 36.5 Å². The number of nitro groups is 2. The molecule has 0 aliphatic heterocycles. The molecule has 24 heavy (non-hydrogen) atoms. The molecule has 0 aromatic carbocycles. The molecule has 0 aliphatic rings. The SMILES string of the molecule is CC(C)CC(C)C(Cl)C[N+](=O)[O-].CC(C)CC(C)C(O)C[N+](=O)[O-]. The van der Waals surface area contributed by atoms with Crippen LogP contribution in [0.5, 0.6) is 0 Å². The van der Waals surface area contributed by atoms with E-state index in [1.807, 2.05) is 27.7 Å². The Labute approximate surface area is 150 Å². The van der Waals surface area contributed by atoms with Gasteiger partial charge in [0.1, 0.15) is 11.5 Å². The fourth-order valence-corrected chi connectivity index (χ4v) is 2.66. The van der Waals surface area contributed by atoms with Gasteiger partial charge in [-0.3, -0.25) is 20.2 Å². The quantitative estimate of drug-likeness (QED) is 0.358. The molecule has 0 saturated carbocycles. The van der Waals surface area contributed by atoms with Crippen LogP contribution in [-0.2, 0) is 0 Å². The second kappa shape index (κ2) is 13.4. The Morgan fingerprint density at radius 2 is 1.21 bits per heavy atom. The Bertz CT molecular complexity index is 332. The van der Waals surface area contributed by atoms with E-state index < -0.39 is 11.0 Å². The maximum absolute atomic E-state index is 10.1. The van der Waals surface area contributed by atoms with Crippen molar-refractivity contribution in [2.24, 2.45) is 23.7 Å². The molecule has 0 spiro atoms. The lowest BCUT2D eigenvalue weighted by molar-refractivity contribution is -0.492. The van der Waals surface area contributed by atoms with Crippen LogP contribution in [0.25, 0.3) is 0 Å². The summed E-state index contributed by atoms with van der Waals surface area (Å²) in [5.74, 6) is 1.25. The summed E-state index contributed by atoms with van der Waals surface area (Å²) in [6.45, 7) is 11.6. The Morgan fingerprint density at radius 1 is 0.833 bits per heavy atom. The molecule has 0 amide bonds. The van der Waals surface area contributed by atoms with Crippen LogP contribution in [0, 0.1) is 43.9 Å². The Hall–Kier alpha value is -0.950. The predicted octanol–water partition coefficient (Wildman–Crippen LogP) is 3.86. The standard InChI is InChI=1S/C8H16ClNO2.C8H17NO3/c1-6(2)4-7(3)8(9)5-10(11)12;1-6(2)4-7(3)8(10)5-9(11)12/h6-8H,4-5H2,1-3H3;6-8,10H,4-5H2,1-3H3. The topological polar surface area (TPSA) is 107 Å². The largest absolute Gasteiger partial charge is 0.386 e. The zero-order valence-corrected chi connectivity index (χ0v) is 16.4. The molecule has 1 N–H and O–H groups in total. The molecule has 0 aromatic rings. The van der Waals surface area contributed by atoms with E-state index in [1.54, 1.807) is 0 Å². The molecule has 0 aliphatic carbocycles. The number of hydrogen-bond acceptors (Lipinski definition) is 5. The van der Waals surface area contributed by atoms with Gasteiger partial charge in [0, 0.05) is 9.85 Å². The van der Waals surface area contributed by atoms with Gasteiger partial charge in [-0.25, -0.2) is 0 Å². The second-order valence-corrected chi connectivity index (χ2v) is 7.89. The smallest absolute Gasteiger partial charge is 0.229 e. The molecule has 0 fully saturated rings. The van der Waals surface area contributed by atoms with E-state index in [0.29, 0.717) is 11.8 Å². The lowest BCUT2D eigenvalue weighted by Gasteiger charge is -2.16. The van der Waals surface area contributed by atoms with E-state index in [-0.39, 0.29) is 35.2 Å². The molecule has 0 heterocycles. The summed E-state index contributed by atoms with van der Waals surface area (Å²) in [7, 11) is 0. The molecule has 0 bridgehead atoms. The third-order valence-electron chi connectivity index (χ3n) is 3.62. The summed E-state index contributed by atoms with van der Waals surface area (Å²) >= 11 is 5.83. The van der Waals surface area contributed by atoms with E-state index in [2.05, 4.69) is 13.8 Å². The van der Waals surface area contributed by atoms with Gasteiger partial charge in [0.15, 0.2) is 0 Å². The lowest BCUT2D eigenvalue weighted by atomic mass is 9.94. The van der Waals surface area contributed by atoms with Gasteiger partial charge in [-0.1, -0.05) is 41.5 Å². The highest BCUT2D eigenvalue weighted by molar-refractivity contribution is 6.20. The molecule has 7 nitrogen and oxygen atoms in total. The molecular weight excluding hydrogens is 336 g/mol. The maximum atomic E-state index is 10.1. The highest BCUT2D eigenvalue weighted by Crippen LogP contribution is 2.19. The van der Waals surface area contributed by atoms with Crippen LogP contribution in [0.4, 0.5) is 0 Å². The van der Waals surface area contributed by atoms with Crippen molar-refractivity contribution < 1.29 is 15.0 Å². The van der Waals surface area contributed by atoms with Gasteiger partial charge >= 0.3 is 0 Å². The molecule has 0 saturated heterocycles. The lowest BCUT2D eigenvalue weighted by Crippen LogP contribution is -2.27. The van der Waals surface area contributed by atoms with Crippen molar-refractivity contribution in [2.45, 2.75) is 65.9 Å². The van der Waals surface area contributed by atoms with Crippen LogP contribution in [0.2, 0.25) is 0 Å². The molecular formula is C16H33ClN2O5.